The Labute approximate surface area is 89.2 Å². The first-order valence-electron chi connectivity index (χ1n) is 5.02. The van der Waals surface area contributed by atoms with Crippen LogP contribution in [0.4, 0.5) is 0 Å². The average Bonchev–Trinajstić information content (AvgIpc) is 2.23. The molecule has 78 valence electrons. The average molecular weight is 202 g/mol. The van der Waals surface area contributed by atoms with Crippen molar-refractivity contribution in [3.8, 4) is 0 Å². The van der Waals surface area contributed by atoms with Crippen molar-refractivity contribution in [2.45, 2.75) is 20.3 Å². The molecule has 0 aromatic heterocycles. The van der Waals surface area contributed by atoms with Crippen LogP contribution >= 0.6 is 0 Å². The van der Waals surface area contributed by atoms with Gasteiger partial charge in [-0.1, -0.05) is 44.2 Å². The minimum atomic E-state index is -0.368. The number of carbonyl (C=O) groups is 1. The van der Waals surface area contributed by atoms with Crippen LogP contribution in [0.2, 0.25) is 0 Å². The molecular formula is C12H14N2O. The van der Waals surface area contributed by atoms with Crippen molar-refractivity contribution >= 4 is 11.6 Å². The second-order valence-corrected chi connectivity index (χ2v) is 4.43. The molecule has 3 heteroatoms. The summed E-state index contributed by atoms with van der Waals surface area (Å²) in [4.78, 5) is 11.5. The van der Waals surface area contributed by atoms with Crippen LogP contribution in [0.3, 0.4) is 0 Å². The number of benzene rings is 1. The maximum absolute atomic E-state index is 11.5. The highest BCUT2D eigenvalue weighted by molar-refractivity contribution is 6.05. The van der Waals surface area contributed by atoms with E-state index in [1.807, 2.05) is 44.2 Å². The van der Waals surface area contributed by atoms with E-state index >= 15 is 0 Å². The summed E-state index contributed by atoms with van der Waals surface area (Å²) in [6, 6.07) is 9.93. The fraction of sp³-hybridized carbons (Fsp3) is 0.333. The minimum absolute atomic E-state index is 0.0119. The quantitative estimate of drug-likeness (QED) is 0.742. The van der Waals surface area contributed by atoms with E-state index in [9.17, 15) is 4.79 Å². The Morgan fingerprint density at radius 2 is 1.93 bits per heavy atom. The fourth-order valence-corrected chi connectivity index (χ4v) is 1.61. The number of nitrogens with zero attached hydrogens (tertiary/aromatic N) is 1. The van der Waals surface area contributed by atoms with E-state index in [-0.39, 0.29) is 11.3 Å². The summed E-state index contributed by atoms with van der Waals surface area (Å²) in [6.45, 7) is 3.86. The van der Waals surface area contributed by atoms with Crippen LogP contribution < -0.4 is 5.43 Å². The molecule has 1 aliphatic rings. The zero-order chi connectivity index (χ0) is 10.9. The third-order valence-corrected chi connectivity index (χ3v) is 2.62. The van der Waals surface area contributed by atoms with Gasteiger partial charge in [-0.3, -0.25) is 4.79 Å². The van der Waals surface area contributed by atoms with Gasteiger partial charge in [0, 0.05) is 6.42 Å². The Kier molecular flexibility index (Phi) is 2.31. The first-order valence-corrected chi connectivity index (χ1v) is 5.02. The Morgan fingerprint density at radius 3 is 2.53 bits per heavy atom. The molecule has 0 unspecified atom stereocenters. The highest BCUT2D eigenvalue weighted by atomic mass is 16.2. The molecule has 0 fully saturated rings. The van der Waals surface area contributed by atoms with Crippen molar-refractivity contribution in [1.82, 2.24) is 5.43 Å². The summed E-state index contributed by atoms with van der Waals surface area (Å²) in [7, 11) is 0. The molecule has 1 amide bonds. The maximum Gasteiger partial charge on any atom is 0.246 e. The van der Waals surface area contributed by atoms with Gasteiger partial charge in [-0.15, -0.1) is 0 Å². The van der Waals surface area contributed by atoms with Crippen molar-refractivity contribution < 1.29 is 4.79 Å². The maximum atomic E-state index is 11.5. The summed E-state index contributed by atoms with van der Waals surface area (Å²) >= 11 is 0. The number of hydrazone groups is 1. The number of hydrogen-bond acceptors (Lipinski definition) is 2. The second-order valence-electron chi connectivity index (χ2n) is 4.43. The number of rotatable bonds is 1. The van der Waals surface area contributed by atoms with Crippen molar-refractivity contribution in [2.24, 2.45) is 10.5 Å². The Morgan fingerprint density at radius 1 is 1.27 bits per heavy atom. The van der Waals surface area contributed by atoms with Gasteiger partial charge in [0.15, 0.2) is 0 Å². The van der Waals surface area contributed by atoms with Crippen LogP contribution in [-0.4, -0.2) is 11.6 Å². The monoisotopic (exact) mass is 202 g/mol. The topological polar surface area (TPSA) is 41.5 Å². The molecule has 0 saturated heterocycles. The molecule has 0 aliphatic carbocycles. The Bertz CT molecular complexity index is 407. The number of amides is 1. The molecule has 0 saturated carbocycles. The van der Waals surface area contributed by atoms with Crippen LogP contribution in [-0.2, 0) is 4.79 Å². The van der Waals surface area contributed by atoms with Gasteiger partial charge in [0.25, 0.3) is 0 Å². The van der Waals surface area contributed by atoms with Gasteiger partial charge < -0.3 is 0 Å². The van der Waals surface area contributed by atoms with Crippen molar-refractivity contribution in [1.29, 1.82) is 0 Å². The van der Waals surface area contributed by atoms with E-state index in [1.165, 1.54) is 0 Å². The fourth-order valence-electron chi connectivity index (χ4n) is 1.61. The SMILES string of the molecule is CC1(C)CC(c2ccccc2)=NNC1=O. The standard InChI is InChI=1S/C12H14N2O/c1-12(2)8-10(13-14-11(12)15)9-6-4-3-5-7-9/h3-7H,8H2,1-2H3,(H,14,15). The van der Waals surface area contributed by atoms with Gasteiger partial charge in [0.05, 0.1) is 11.1 Å². The van der Waals surface area contributed by atoms with E-state index in [2.05, 4.69) is 10.5 Å². The van der Waals surface area contributed by atoms with E-state index in [1.54, 1.807) is 0 Å². The van der Waals surface area contributed by atoms with Crippen LogP contribution in [0.25, 0.3) is 0 Å². The molecule has 1 heterocycles. The van der Waals surface area contributed by atoms with Gasteiger partial charge in [-0.2, -0.15) is 5.10 Å². The van der Waals surface area contributed by atoms with Crippen LogP contribution in [0.15, 0.2) is 35.4 Å². The summed E-state index contributed by atoms with van der Waals surface area (Å²) in [6.07, 6.45) is 0.683. The first kappa shape index (κ1) is 9.90. The number of hydrogen-bond donors (Lipinski definition) is 1. The largest absolute Gasteiger partial charge is 0.273 e. The third-order valence-electron chi connectivity index (χ3n) is 2.62. The summed E-state index contributed by atoms with van der Waals surface area (Å²) < 4.78 is 0. The van der Waals surface area contributed by atoms with E-state index in [4.69, 9.17) is 0 Å². The van der Waals surface area contributed by atoms with Crippen LogP contribution in [0.1, 0.15) is 25.8 Å². The molecule has 15 heavy (non-hydrogen) atoms. The zero-order valence-corrected chi connectivity index (χ0v) is 8.95. The van der Waals surface area contributed by atoms with Gasteiger partial charge in [0.1, 0.15) is 0 Å². The van der Waals surface area contributed by atoms with Crippen molar-refractivity contribution in [2.75, 3.05) is 0 Å². The smallest absolute Gasteiger partial charge is 0.246 e. The molecule has 1 aliphatic heterocycles. The zero-order valence-electron chi connectivity index (χ0n) is 8.95. The van der Waals surface area contributed by atoms with Gasteiger partial charge in [-0.25, -0.2) is 5.43 Å². The summed E-state index contributed by atoms with van der Waals surface area (Å²) in [5, 5.41) is 4.09. The lowest BCUT2D eigenvalue weighted by atomic mass is 9.83. The number of carbonyl (C=O) groups excluding carboxylic acids is 1. The van der Waals surface area contributed by atoms with Crippen molar-refractivity contribution in [3.05, 3.63) is 35.9 Å². The minimum Gasteiger partial charge on any atom is -0.273 e. The Balaban J connectivity index is 2.30. The highest BCUT2D eigenvalue weighted by Crippen LogP contribution is 2.26. The lowest BCUT2D eigenvalue weighted by molar-refractivity contribution is -0.129. The molecule has 0 atom stereocenters. The van der Waals surface area contributed by atoms with E-state index in [0.29, 0.717) is 6.42 Å². The molecule has 2 rings (SSSR count). The first-order chi connectivity index (χ1) is 7.09. The molecule has 1 aromatic rings. The molecule has 0 bridgehead atoms. The summed E-state index contributed by atoms with van der Waals surface area (Å²) in [5.74, 6) is -0.0119. The lowest BCUT2D eigenvalue weighted by Crippen LogP contribution is -2.40. The molecule has 1 aromatic carbocycles. The Hall–Kier alpha value is -1.64. The van der Waals surface area contributed by atoms with Crippen LogP contribution in [0, 0.1) is 5.41 Å². The molecule has 3 nitrogen and oxygen atoms in total. The van der Waals surface area contributed by atoms with Crippen molar-refractivity contribution in [3.63, 3.8) is 0 Å². The van der Waals surface area contributed by atoms with Gasteiger partial charge in [0.2, 0.25) is 5.91 Å². The molecule has 0 radical (unpaired) electrons. The predicted octanol–water partition coefficient (Wildman–Crippen LogP) is 1.94. The number of nitrogens with one attached hydrogen (secondary N) is 1. The summed E-state index contributed by atoms with van der Waals surface area (Å²) in [5.41, 5.74) is 4.22. The lowest BCUT2D eigenvalue weighted by Gasteiger charge is -2.27. The molecule has 1 N–H and O–H groups in total. The molecule has 0 spiro atoms. The highest BCUT2D eigenvalue weighted by Gasteiger charge is 2.32. The van der Waals surface area contributed by atoms with Crippen LogP contribution in [0.5, 0.6) is 0 Å². The van der Waals surface area contributed by atoms with E-state index in [0.717, 1.165) is 11.3 Å². The second kappa shape index (κ2) is 3.50. The predicted molar refractivity (Wildman–Crippen MR) is 59.5 cm³/mol. The normalized spacial score (nSPS) is 19.3. The van der Waals surface area contributed by atoms with E-state index < -0.39 is 0 Å². The van der Waals surface area contributed by atoms with Gasteiger partial charge >= 0.3 is 0 Å². The third kappa shape index (κ3) is 1.91. The molecular weight excluding hydrogens is 188 g/mol. The van der Waals surface area contributed by atoms with Gasteiger partial charge in [-0.05, 0) is 5.56 Å².